The first-order chi connectivity index (χ1) is 10.5. The summed E-state index contributed by atoms with van der Waals surface area (Å²) in [6, 6.07) is 9.34. The second-order valence-corrected chi connectivity index (χ2v) is 6.70. The molecule has 0 atom stereocenters. The Morgan fingerprint density at radius 2 is 2.09 bits per heavy atom. The van der Waals surface area contributed by atoms with E-state index >= 15 is 0 Å². The maximum absolute atomic E-state index is 12.3. The van der Waals surface area contributed by atoms with Gasteiger partial charge in [0.15, 0.2) is 0 Å². The van der Waals surface area contributed by atoms with Gasteiger partial charge in [-0.1, -0.05) is 31.0 Å². The topological polar surface area (TPSA) is 68.3 Å². The van der Waals surface area contributed by atoms with Crippen LogP contribution in [0.1, 0.15) is 19.8 Å². The highest BCUT2D eigenvalue weighted by Gasteiger charge is 2.17. The van der Waals surface area contributed by atoms with Gasteiger partial charge in [0.05, 0.1) is 16.5 Å². The first kappa shape index (κ1) is 16.6. The van der Waals surface area contributed by atoms with Gasteiger partial charge in [-0.3, -0.25) is 4.72 Å². The minimum atomic E-state index is -3.73. The van der Waals surface area contributed by atoms with Gasteiger partial charge in [-0.25, -0.2) is 13.4 Å². The van der Waals surface area contributed by atoms with E-state index in [1.165, 1.54) is 24.4 Å². The Hall–Kier alpha value is -1.79. The lowest BCUT2D eigenvalue weighted by Crippen LogP contribution is -2.14. The Kier molecular flexibility index (Phi) is 5.63. The maximum atomic E-state index is 12.3. The second kappa shape index (κ2) is 7.47. The van der Waals surface area contributed by atoms with Crippen LogP contribution >= 0.6 is 11.6 Å². The normalized spacial score (nSPS) is 11.2. The molecule has 0 spiro atoms. The van der Waals surface area contributed by atoms with E-state index in [4.69, 9.17) is 16.3 Å². The van der Waals surface area contributed by atoms with Crippen LogP contribution in [0.25, 0.3) is 0 Å². The molecule has 2 aromatic rings. The number of hydrogen-bond acceptors (Lipinski definition) is 4. The molecule has 1 aromatic heterocycles. The molecule has 0 saturated heterocycles. The summed E-state index contributed by atoms with van der Waals surface area (Å²) in [5.74, 6) is 0.616. The van der Waals surface area contributed by atoms with Crippen LogP contribution in [0.4, 0.5) is 5.82 Å². The van der Waals surface area contributed by atoms with E-state index in [1.807, 2.05) is 6.92 Å². The summed E-state index contributed by atoms with van der Waals surface area (Å²) in [4.78, 5) is 4.02. The molecule has 0 aliphatic heterocycles. The molecular weight excluding hydrogens is 324 g/mol. The smallest absolute Gasteiger partial charge is 0.263 e. The summed E-state index contributed by atoms with van der Waals surface area (Å²) >= 11 is 6.03. The van der Waals surface area contributed by atoms with Crippen molar-refractivity contribution in [3.8, 4) is 5.75 Å². The van der Waals surface area contributed by atoms with Crippen LogP contribution in [0.15, 0.2) is 47.5 Å². The highest BCUT2D eigenvalue weighted by Crippen LogP contribution is 2.28. The van der Waals surface area contributed by atoms with Crippen molar-refractivity contribution in [2.75, 3.05) is 11.3 Å². The highest BCUT2D eigenvalue weighted by atomic mass is 35.5. The number of halogens is 1. The fraction of sp³-hybridized carbons (Fsp3) is 0.267. The molecule has 5 nitrogen and oxygen atoms in total. The van der Waals surface area contributed by atoms with Crippen LogP contribution < -0.4 is 9.46 Å². The monoisotopic (exact) mass is 340 g/mol. The highest BCUT2D eigenvalue weighted by molar-refractivity contribution is 7.92. The lowest BCUT2D eigenvalue weighted by atomic mass is 10.3. The van der Waals surface area contributed by atoms with Crippen molar-refractivity contribution in [2.45, 2.75) is 24.7 Å². The minimum Gasteiger partial charge on any atom is -0.492 e. The minimum absolute atomic E-state index is 0.0778. The zero-order chi connectivity index (χ0) is 16.0. The Bertz CT molecular complexity index is 721. The average molecular weight is 341 g/mol. The largest absolute Gasteiger partial charge is 0.492 e. The molecule has 22 heavy (non-hydrogen) atoms. The van der Waals surface area contributed by atoms with Crippen LogP contribution in [-0.4, -0.2) is 20.0 Å². The molecule has 0 fully saturated rings. The lowest BCUT2D eigenvalue weighted by molar-refractivity contribution is 0.309. The molecule has 0 aliphatic rings. The van der Waals surface area contributed by atoms with Crippen molar-refractivity contribution in [1.82, 2.24) is 4.98 Å². The summed E-state index contributed by atoms with van der Waals surface area (Å²) in [5.41, 5.74) is 0. The third-order valence-electron chi connectivity index (χ3n) is 2.87. The van der Waals surface area contributed by atoms with Gasteiger partial charge in [0.1, 0.15) is 11.6 Å². The van der Waals surface area contributed by atoms with E-state index in [9.17, 15) is 8.42 Å². The van der Waals surface area contributed by atoms with Crippen LogP contribution in [-0.2, 0) is 10.0 Å². The van der Waals surface area contributed by atoms with E-state index in [1.54, 1.807) is 18.2 Å². The molecule has 7 heteroatoms. The predicted molar refractivity (Wildman–Crippen MR) is 86.9 cm³/mol. The first-order valence-electron chi connectivity index (χ1n) is 6.89. The number of hydrogen-bond donors (Lipinski definition) is 1. The molecule has 1 N–H and O–H groups in total. The average Bonchev–Trinajstić information content (AvgIpc) is 2.50. The molecular formula is C15H17ClN2O3S. The molecule has 0 amide bonds. The number of rotatable bonds is 7. The fourth-order valence-corrected chi connectivity index (χ4v) is 2.90. The van der Waals surface area contributed by atoms with Gasteiger partial charge in [0, 0.05) is 12.3 Å². The van der Waals surface area contributed by atoms with Crippen LogP contribution in [0.5, 0.6) is 5.75 Å². The van der Waals surface area contributed by atoms with Gasteiger partial charge in [0.2, 0.25) is 0 Å². The third-order valence-corrected chi connectivity index (χ3v) is 4.54. The summed E-state index contributed by atoms with van der Waals surface area (Å²) in [6.45, 7) is 2.54. The van der Waals surface area contributed by atoms with Crippen molar-refractivity contribution >= 4 is 27.4 Å². The second-order valence-electron chi connectivity index (χ2n) is 4.61. The standard InChI is InChI=1S/C15H17ClN2O3S/c1-2-3-10-21-14-11-12(7-8-13(14)16)22(19,20)18-15-6-4-5-9-17-15/h4-9,11H,2-3,10H2,1H3,(H,17,18). The Morgan fingerprint density at radius 1 is 1.27 bits per heavy atom. The molecule has 0 bridgehead atoms. The molecule has 1 heterocycles. The first-order valence-corrected chi connectivity index (χ1v) is 8.75. The molecule has 0 unspecified atom stereocenters. The van der Waals surface area contributed by atoms with Crippen molar-refractivity contribution in [3.05, 3.63) is 47.6 Å². The molecule has 2 rings (SSSR count). The van der Waals surface area contributed by atoms with Crippen LogP contribution in [0, 0.1) is 0 Å². The van der Waals surface area contributed by atoms with Crippen molar-refractivity contribution in [2.24, 2.45) is 0 Å². The maximum Gasteiger partial charge on any atom is 0.263 e. The van der Waals surface area contributed by atoms with E-state index < -0.39 is 10.0 Å². The summed E-state index contributed by atoms with van der Waals surface area (Å²) in [6.07, 6.45) is 3.37. The summed E-state index contributed by atoms with van der Waals surface area (Å²) in [5, 5.41) is 0.382. The molecule has 0 saturated carbocycles. The number of pyridine rings is 1. The van der Waals surface area contributed by atoms with E-state index in [0.29, 0.717) is 17.4 Å². The Morgan fingerprint density at radius 3 is 2.77 bits per heavy atom. The number of ether oxygens (including phenoxy) is 1. The van der Waals surface area contributed by atoms with Gasteiger partial charge in [-0.15, -0.1) is 0 Å². The molecule has 0 aliphatic carbocycles. The van der Waals surface area contributed by atoms with Gasteiger partial charge < -0.3 is 4.74 Å². The number of benzene rings is 1. The number of unbranched alkanes of at least 4 members (excludes halogenated alkanes) is 1. The predicted octanol–water partition coefficient (Wildman–Crippen LogP) is 3.71. The molecule has 1 aromatic carbocycles. The van der Waals surface area contributed by atoms with E-state index in [-0.39, 0.29) is 10.7 Å². The fourth-order valence-electron chi connectivity index (χ4n) is 1.71. The quantitative estimate of drug-likeness (QED) is 0.780. The van der Waals surface area contributed by atoms with Crippen molar-refractivity contribution in [3.63, 3.8) is 0 Å². The van der Waals surface area contributed by atoms with Gasteiger partial charge >= 0.3 is 0 Å². The van der Waals surface area contributed by atoms with Crippen LogP contribution in [0.2, 0.25) is 5.02 Å². The number of nitrogens with one attached hydrogen (secondary N) is 1. The van der Waals surface area contributed by atoms with E-state index in [2.05, 4.69) is 9.71 Å². The number of sulfonamides is 1. The molecule has 0 radical (unpaired) electrons. The van der Waals surface area contributed by atoms with E-state index in [0.717, 1.165) is 12.8 Å². The number of anilines is 1. The van der Waals surface area contributed by atoms with Crippen molar-refractivity contribution < 1.29 is 13.2 Å². The number of nitrogens with zero attached hydrogens (tertiary/aromatic N) is 1. The van der Waals surface area contributed by atoms with Gasteiger partial charge in [0.25, 0.3) is 10.0 Å². The van der Waals surface area contributed by atoms with Gasteiger partial charge in [-0.05, 0) is 30.7 Å². The number of aromatic nitrogens is 1. The summed E-state index contributed by atoms with van der Waals surface area (Å²) < 4.78 is 32.6. The summed E-state index contributed by atoms with van der Waals surface area (Å²) in [7, 11) is -3.73. The Balaban J connectivity index is 2.22. The Labute approximate surface area is 135 Å². The SMILES string of the molecule is CCCCOc1cc(S(=O)(=O)Nc2ccccn2)ccc1Cl. The van der Waals surface area contributed by atoms with Crippen molar-refractivity contribution in [1.29, 1.82) is 0 Å². The zero-order valence-corrected chi connectivity index (χ0v) is 13.7. The lowest BCUT2D eigenvalue weighted by Gasteiger charge is -2.11. The zero-order valence-electron chi connectivity index (χ0n) is 12.1. The van der Waals surface area contributed by atoms with Gasteiger partial charge in [-0.2, -0.15) is 0 Å². The third kappa shape index (κ3) is 4.35. The van der Waals surface area contributed by atoms with Crippen LogP contribution in [0.3, 0.4) is 0 Å². The molecule has 118 valence electrons.